The van der Waals surface area contributed by atoms with E-state index in [2.05, 4.69) is 6.92 Å². The molecule has 196 valence electrons. The van der Waals surface area contributed by atoms with Gasteiger partial charge < -0.3 is 24.0 Å². The first-order valence-corrected chi connectivity index (χ1v) is 12.8. The van der Waals surface area contributed by atoms with Crippen LogP contribution in [0.25, 0.3) is 11.1 Å². The molecular formula is C29H40N2O5. The predicted molar refractivity (Wildman–Crippen MR) is 142 cm³/mol. The van der Waals surface area contributed by atoms with Gasteiger partial charge in [-0.15, -0.1) is 0 Å². The number of benzene rings is 2. The number of methoxy groups -OCH3 is 3. The van der Waals surface area contributed by atoms with E-state index in [1.54, 1.807) is 38.2 Å². The molecular weight excluding hydrogens is 456 g/mol. The lowest BCUT2D eigenvalue weighted by atomic mass is 9.96. The number of ether oxygens (including phenoxy) is 3. The Bertz CT molecular complexity index is 1010. The highest BCUT2D eigenvalue weighted by atomic mass is 16.5. The molecule has 0 radical (unpaired) electrons. The van der Waals surface area contributed by atoms with Crippen LogP contribution in [0.4, 0.5) is 0 Å². The van der Waals surface area contributed by atoms with Crippen LogP contribution in [0.15, 0.2) is 36.4 Å². The molecule has 1 heterocycles. The minimum absolute atomic E-state index is 0.00204. The molecule has 2 atom stereocenters. The van der Waals surface area contributed by atoms with E-state index in [4.69, 9.17) is 14.2 Å². The van der Waals surface area contributed by atoms with Gasteiger partial charge in [-0.2, -0.15) is 0 Å². The fourth-order valence-corrected chi connectivity index (χ4v) is 4.85. The highest BCUT2D eigenvalue weighted by Crippen LogP contribution is 2.41. The summed E-state index contributed by atoms with van der Waals surface area (Å²) in [6.45, 7) is 4.66. The van der Waals surface area contributed by atoms with Crippen LogP contribution in [0.1, 0.15) is 51.5 Å². The zero-order valence-electron chi connectivity index (χ0n) is 22.5. The van der Waals surface area contributed by atoms with E-state index in [9.17, 15) is 9.59 Å². The standard InChI is InChI=1S/C29H40N2O5/c1-7-8-9-10-11-16-31-20(2)28(32)30(3)24(29(31)33)17-21-12-14-22(15-13-21)23-18-25(34-4)27(36-6)26(19-23)35-5/h12-15,18-20,24H,7-11,16-17H2,1-6H3/t20-,24?/m0/s1. The maximum absolute atomic E-state index is 13.4. The van der Waals surface area contributed by atoms with Gasteiger partial charge in [-0.3, -0.25) is 9.59 Å². The third-order valence-electron chi connectivity index (χ3n) is 7.09. The van der Waals surface area contributed by atoms with Gasteiger partial charge in [0.2, 0.25) is 17.6 Å². The van der Waals surface area contributed by atoms with Crippen LogP contribution in [0, 0.1) is 0 Å². The molecule has 1 aliphatic rings. The Hall–Kier alpha value is -3.22. The topological polar surface area (TPSA) is 68.3 Å². The highest BCUT2D eigenvalue weighted by Gasteiger charge is 2.41. The molecule has 1 aliphatic heterocycles. The van der Waals surface area contributed by atoms with Crippen molar-refractivity contribution in [1.82, 2.24) is 9.80 Å². The van der Waals surface area contributed by atoms with Gasteiger partial charge in [0.15, 0.2) is 11.5 Å². The number of hydrogen-bond donors (Lipinski definition) is 0. The van der Waals surface area contributed by atoms with Gasteiger partial charge in [-0.1, -0.05) is 56.9 Å². The van der Waals surface area contributed by atoms with E-state index in [1.165, 1.54) is 19.3 Å². The Labute approximate surface area is 215 Å². The summed E-state index contributed by atoms with van der Waals surface area (Å²) < 4.78 is 16.4. The summed E-state index contributed by atoms with van der Waals surface area (Å²) in [4.78, 5) is 29.7. The van der Waals surface area contributed by atoms with E-state index >= 15 is 0 Å². The number of unbranched alkanes of at least 4 members (excludes halogenated alkanes) is 4. The molecule has 0 aliphatic carbocycles. The lowest BCUT2D eigenvalue weighted by molar-refractivity contribution is -0.159. The van der Waals surface area contributed by atoms with Crippen molar-refractivity contribution < 1.29 is 23.8 Å². The number of carbonyl (C=O) groups is 2. The molecule has 3 rings (SSSR count). The molecule has 2 aromatic carbocycles. The lowest BCUT2D eigenvalue weighted by Crippen LogP contribution is -2.63. The quantitative estimate of drug-likeness (QED) is 0.389. The van der Waals surface area contributed by atoms with E-state index in [1.807, 2.05) is 43.3 Å². The molecule has 0 aromatic heterocycles. The molecule has 1 saturated heterocycles. The van der Waals surface area contributed by atoms with Crippen LogP contribution in [0.3, 0.4) is 0 Å². The van der Waals surface area contributed by atoms with Crippen molar-refractivity contribution in [3.05, 3.63) is 42.0 Å². The normalized spacial score (nSPS) is 17.9. The molecule has 0 bridgehead atoms. The fraction of sp³-hybridized carbons (Fsp3) is 0.517. The van der Waals surface area contributed by atoms with E-state index in [0.29, 0.717) is 30.2 Å². The van der Waals surface area contributed by atoms with E-state index < -0.39 is 12.1 Å². The number of amides is 2. The van der Waals surface area contributed by atoms with Gasteiger partial charge in [0.25, 0.3) is 0 Å². The second kappa shape index (κ2) is 12.7. The summed E-state index contributed by atoms with van der Waals surface area (Å²) in [6.07, 6.45) is 6.06. The van der Waals surface area contributed by atoms with Crippen LogP contribution in [-0.4, -0.2) is 68.6 Å². The van der Waals surface area contributed by atoms with Crippen LogP contribution in [0.2, 0.25) is 0 Å². The van der Waals surface area contributed by atoms with E-state index in [-0.39, 0.29) is 11.8 Å². The summed E-state index contributed by atoms with van der Waals surface area (Å²) in [5.74, 6) is 1.77. The Balaban J connectivity index is 1.75. The van der Waals surface area contributed by atoms with Gasteiger partial charge in [-0.05, 0) is 42.2 Å². The molecule has 0 saturated carbocycles. The predicted octanol–water partition coefficient (Wildman–Crippen LogP) is 4.95. The summed E-state index contributed by atoms with van der Waals surface area (Å²) in [7, 11) is 6.51. The second-order valence-electron chi connectivity index (χ2n) is 9.40. The molecule has 2 aromatic rings. The summed E-state index contributed by atoms with van der Waals surface area (Å²) in [6, 6.07) is 11.0. The van der Waals surface area contributed by atoms with Gasteiger partial charge in [-0.25, -0.2) is 0 Å². The Morgan fingerprint density at radius 2 is 1.42 bits per heavy atom. The summed E-state index contributed by atoms with van der Waals surface area (Å²) >= 11 is 0. The van der Waals surface area contributed by atoms with Gasteiger partial charge in [0, 0.05) is 20.0 Å². The molecule has 1 unspecified atom stereocenters. The van der Waals surface area contributed by atoms with Crippen molar-refractivity contribution in [2.24, 2.45) is 0 Å². The molecule has 7 nitrogen and oxygen atoms in total. The summed E-state index contributed by atoms with van der Waals surface area (Å²) in [5, 5.41) is 0. The maximum atomic E-state index is 13.4. The molecule has 2 amide bonds. The van der Waals surface area contributed by atoms with Gasteiger partial charge >= 0.3 is 0 Å². The monoisotopic (exact) mass is 496 g/mol. The molecule has 0 N–H and O–H groups in total. The number of nitrogens with zero attached hydrogens (tertiary/aromatic N) is 2. The fourth-order valence-electron chi connectivity index (χ4n) is 4.85. The molecule has 1 fully saturated rings. The first kappa shape index (κ1) is 27.4. The largest absolute Gasteiger partial charge is 0.493 e. The first-order chi connectivity index (χ1) is 17.4. The summed E-state index contributed by atoms with van der Waals surface area (Å²) in [5.41, 5.74) is 2.92. The number of piperazine rings is 1. The Kier molecular flexibility index (Phi) is 9.62. The Morgan fingerprint density at radius 3 is 1.97 bits per heavy atom. The smallest absolute Gasteiger partial charge is 0.246 e. The number of likely N-dealkylation sites (N-methyl/N-ethyl adjacent to an activating group) is 1. The van der Waals surface area contributed by atoms with Crippen LogP contribution in [0.5, 0.6) is 17.2 Å². The zero-order chi connectivity index (χ0) is 26.2. The average Bonchev–Trinajstić information content (AvgIpc) is 2.90. The van der Waals surface area contributed by atoms with E-state index in [0.717, 1.165) is 29.5 Å². The first-order valence-electron chi connectivity index (χ1n) is 12.8. The van der Waals surface area contributed by atoms with Crippen molar-refractivity contribution >= 4 is 11.8 Å². The third-order valence-corrected chi connectivity index (χ3v) is 7.09. The second-order valence-corrected chi connectivity index (χ2v) is 9.40. The van der Waals surface area contributed by atoms with Crippen molar-refractivity contribution in [3.8, 4) is 28.4 Å². The van der Waals surface area contributed by atoms with Crippen molar-refractivity contribution in [2.75, 3.05) is 34.9 Å². The zero-order valence-corrected chi connectivity index (χ0v) is 22.5. The minimum Gasteiger partial charge on any atom is -0.493 e. The average molecular weight is 497 g/mol. The van der Waals surface area contributed by atoms with Crippen LogP contribution < -0.4 is 14.2 Å². The van der Waals surface area contributed by atoms with Crippen LogP contribution in [-0.2, 0) is 16.0 Å². The third kappa shape index (κ3) is 5.94. The molecule has 36 heavy (non-hydrogen) atoms. The van der Waals surface area contributed by atoms with Crippen LogP contribution >= 0.6 is 0 Å². The van der Waals surface area contributed by atoms with Gasteiger partial charge in [0.1, 0.15) is 12.1 Å². The minimum atomic E-state index is -0.489. The number of rotatable bonds is 12. The van der Waals surface area contributed by atoms with Crippen molar-refractivity contribution in [2.45, 2.75) is 64.5 Å². The number of carbonyl (C=O) groups excluding carboxylic acids is 2. The lowest BCUT2D eigenvalue weighted by Gasteiger charge is -2.42. The van der Waals surface area contributed by atoms with Crippen molar-refractivity contribution in [1.29, 1.82) is 0 Å². The molecule has 0 spiro atoms. The van der Waals surface area contributed by atoms with Crippen molar-refractivity contribution in [3.63, 3.8) is 0 Å². The van der Waals surface area contributed by atoms with Gasteiger partial charge in [0.05, 0.1) is 21.3 Å². The Morgan fingerprint density at radius 1 is 0.806 bits per heavy atom. The maximum Gasteiger partial charge on any atom is 0.246 e. The highest BCUT2D eigenvalue weighted by molar-refractivity contribution is 5.96. The molecule has 7 heteroatoms. The number of hydrogen-bond acceptors (Lipinski definition) is 5. The SMILES string of the molecule is CCCCCCCN1C(=O)C(Cc2ccc(-c3cc(OC)c(OC)c(OC)c3)cc2)N(C)C(=O)[C@@H]1C.